The zero-order chi connectivity index (χ0) is 8.85. The van der Waals surface area contributed by atoms with E-state index < -0.39 is 0 Å². The lowest BCUT2D eigenvalue weighted by Crippen LogP contribution is -1.93. The lowest BCUT2D eigenvalue weighted by atomic mass is 10.1. The number of rotatable bonds is 4. The highest BCUT2D eigenvalue weighted by Gasteiger charge is 1.96. The van der Waals surface area contributed by atoms with Crippen molar-refractivity contribution < 1.29 is 4.79 Å². The van der Waals surface area contributed by atoms with E-state index in [-0.39, 0.29) is 5.78 Å². The molecule has 0 aliphatic carbocycles. The second kappa shape index (κ2) is 4.89. The first-order chi connectivity index (χ1) is 5.02. The number of carbonyl (C=O) groups is 1. The first-order valence-electron chi connectivity index (χ1n) is 3.84. The molecule has 0 spiro atoms. The van der Waals surface area contributed by atoms with Crippen molar-refractivity contribution >= 4 is 5.78 Å². The van der Waals surface area contributed by atoms with Crippen molar-refractivity contribution in [3.05, 3.63) is 23.8 Å². The summed E-state index contributed by atoms with van der Waals surface area (Å²) in [5.41, 5.74) is 2.14. The molecule has 0 unspecified atom stereocenters. The van der Waals surface area contributed by atoms with E-state index in [0.717, 1.165) is 17.6 Å². The Hall–Kier alpha value is -0.850. The number of allylic oxidation sites excluding steroid dienone is 3. The molecule has 1 nitrogen and oxygen atoms in total. The van der Waals surface area contributed by atoms with Crippen LogP contribution in [0.25, 0.3) is 0 Å². The summed E-state index contributed by atoms with van der Waals surface area (Å²) in [4.78, 5) is 11.0. The van der Waals surface area contributed by atoms with E-state index in [1.807, 2.05) is 20.8 Å². The molecule has 0 saturated carbocycles. The second-order valence-electron chi connectivity index (χ2n) is 3.15. The van der Waals surface area contributed by atoms with Crippen LogP contribution in [0, 0.1) is 0 Å². The molecule has 11 heavy (non-hydrogen) atoms. The summed E-state index contributed by atoms with van der Waals surface area (Å²) in [5, 5.41) is 0. The van der Waals surface area contributed by atoms with E-state index in [1.165, 1.54) is 0 Å². The van der Waals surface area contributed by atoms with Crippen molar-refractivity contribution in [3.8, 4) is 0 Å². The Balaban J connectivity index is 3.71. The fraction of sp³-hybridized carbons (Fsp3) is 0.500. The predicted molar refractivity (Wildman–Crippen MR) is 48.5 cm³/mol. The zero-order valence-electron chi connectivity index (χ0n) is 7.61. The van der Waals surface area contributed by atoms with Crippen LogP contribution in [0.5, 0.6) is 0 Å². The first-order valence-corrected chi connectivity index (χ1v) is 3.84. The molecule has 0 N–H and O–H groups in total. The third-order valence-electron chi connectivity index (χ3n) is 1.25. The average molecular weight is 152 g/mol. The SMILES string of the molecule is C=C(C)CCC(=O)C=C(C)C. The smallest absolute Gasteiger partial charge is 0.155 e. The minimum absolute atomic E-state index is 0.202. The molecule has 1 heteroatoms. The lowest BCUT2D eigenvalue weighted by molar-refractivity contribution is -0.114. The predicted octanol–water partition coefficient (Wildman–Crippen LogP) is 2.88. The largest absolute Gasteiger partial charge is 0.295 e. The Morgan fingerprint density at radius 3 is 2.18 bits per heavy atom. The normalized spacial score (nSPS) is 9.00. The molecule has 0 aliphatic rings. The van der Waals surface area contributed by atoms with E-state index in [2.05, 4.69) is 6.58 Å². The third-order valence-corrected chi connectivity index (χ3v) is 1.25. The van der Waals surface area contributed by atoms with Gasteiger partial charge in [-0.2, -0.15) is 0 Å². The number of hydrogen-bond donors (Lipinski definition) is 0. The molecule has 0 aromatic carbocycles. The van der Waals surface area contributed by atoms with Crippen LogP contribution in [-0.2, 0) is 4.79 Å². The van der Waals surface area contributed by atoms with Crippen LogP contribution in [0.4, 0.5) is 0 Å². The summed E-state index contributed by atoms with van der Waals surface area (Å²) in [6, 6.07) is 0. The summed E-state index contributed by atoms with van der Waals surface area (Å²) in [6.07, 6.45) is 3.09. The van der Waals surface area contributed by atoms with Gasteiger partial charge in [0.2, 0.25) is 0 Å². The maximum absolute atomic E-state index is 11.0. The van der Waals surface area contributed by atoms with Crippen LogP contribution in [0.15, 0.2) is 23.8 Å². The highest BCUT2D eigenvalue weighted by atomic mass is 16.1. The maximum atomic E-state index is 11.0. The number of ketones is 1. The van der Waals surface area contributed by atoms with E-state index in [1.54, 1.807) is 6.08 Å². The Labute approximate surface area is 68.8 Å². The summed E-state index contributed by atoms with van der Waals surface area (Å²) in [5.74, 6) is 0.202. The van der Waals surface area contributed by atoms with Crippen LogP contribution in [-0.4, -0.2) is 5.78 Å². The van der Waals surface area contributed by atoms with Crippen LogP contribution < -0.4 is 0 Å². The first kappa shape index (κ1) is 10.2. The maximum Gasteiger partial charge on any atom is 0.155 e. The quantitative estimate of drug-likeness (QED) is 0.447. The van der Waals surface area contributed by atoms with Gasteiger partial charge in [0.05, 0.1) is 0 Å². The van der Waals surface area contributed by atoms with Crippen LogP contribution in [0.3, 0.4) is 0 Å². The van der Waals surface area contributed by atoms with Gasteiger partial charge in [0, 0.05) is 6.42 Å². The Kier molecular flexibility index (Phi) is 4.51. The van der Waals surface area contributed by atoms with Gasteiger partial charge in [0.25, 0.3) is 0 Å². The fourth-order valence-corrected chi connectivity index (χ4v) is 0.731. The van der Waals surface area contributed by atoms with Crippen LogP contribution >= 0.6 is 0 Å². The van der Waals surface area contributed by atoms with Crippen molar-refractivity contribution in [2.75, 3.05) is 0 Å². The molecule has 0 aromatic heterocycles. The van der Waals surface area contributed by atoms with Crippen molar-refractivity contribution in [3.63, 3.8) is 0 Å². The molecular formula is C10H16O. The molecule has 0 rings (SSSR count). The van der Waals surface area contributed by atoms with E-state index >= 15 is 0 Å². The Bertz CT molecular complexity index is 183. The topological polar surface area (TPSA) is 17.1 Å². The minimum atomic E-state index is 0.202. The van der Waals surface area contributed by atoms with E-state index in [0.29, 0.717) is 6.42 Å². The van der Waals surface area contributed by atoms with Gasteiger partial charge in [-0.3, -0.25) is 4.79 Å². The average Bonchev–Trinajstić information content (AvgIpc) is 1.82. The molecule has 0 radical (unpaired) electrons. The molecular weight excluding hydrogens is 136 g/mol. The molecule has 0 aliphatic heterocycles. The molecule has 62 valence electrons. The minimum Gasteiger partial charge on any atom is -0.295 e. The van der Waals surface area contributed by atoms with Crippen molar-refractivity contribution in [2.45, 2.75) is 33.6 Å². The highest BCUT2D eigenvalue weighted by Crippen LogP contribution is 2.02. The van der Waals surface area contributed by atoms with Crippen LogP contribution in [0.2, 0.25) is 0 Å². The number of carbonyl (C=O) groups excluding carboxylic acids is 1. The van der Waals surface area contributed by atoms with Gasteiger partial charge in [0.1, 0.15) is 0 Å². The number of hydrogen-bond acceptors (Lipinski definition) is 1. The van der Waals surface area contributed by atoms with Crippen molar-refractivity contribution in [2.24, 2.45) is 0 Å². The van der Waals surface area contributed by atoms with Gasteiger partial charge in [-0.05, 0) is 33.3 Å². The summed E-state index contributed by atoms with van der Waals surface area (Å²) < 4.78 is 0. The van der Waals surface area contributed by atoms with Gasteiger partial charge < -0.3 is 0 Å². The monoisotopic (exact) mass is 152 g/mol. The Morgan fingerprint density at radius 1 is 1.27 bits per heavy atom. The van der Waals surface area contributed by atoms with Gasteiger partial charge in [-0.25, -0.2) is 0 Å². The van der Waals surface area contributed by atoms with Crippen LogP contribution in [0.1, 0.15) is 33.6 Å². The molecule has 0 aromatic rings. The lowest BCUT2D eigenvalue weighted by Gasteiger charge is -1.95. The standard InChI is InChI=1S/C10H16O/c1-8(2)5-6-10(11)7-9(3)4/h7H,1,5-6H2,2-4H3. The zero-order valence-corrected chi connectivity index (χ0v) is 7.61. The molecule has 0 amide bonds. The fourth-order valence-electron chi connectivity index (χ4n) is 0.731. The van der Waals surface area contributed by atoms with Gasteiger partial charge in [-0.1, -0.05) is 11.1 Å². The van der Waals surface area contributed by atoms with Gasteiger partial charge in [-0.15, -0.1) is 6.58 Å². The molecule has 0 bridgehead atoms. The molecule has 0 heterocycles. The van der Waals surface area contributed by atoms with Crippen molar-refractivity contribution in [1.29, 1.82) is 0 Å². The molecule has 0 atom stereocenters. The van der Waals surface area contributed by atoms with Crippen molar-refractivity contribution in [1.82, 2.24) is 0 Å². The summed E-state index contributed by atoms with van der Waals surface area (Å²) >= 11 is 0. The van der Waals surface area contributed by atoms with E-state index in [9.17, 15) is 4.79 Å². The Morgan fingerprint density at radius 2 is 1.82 bits per heavy atom. The summed E-state index contributed by atoms with van der Waals surface area (Å²) in [6.45, 7) is 9.53. The van der Waals surface area contributed by atoms with Gasteiger partial charge >= 0.3 is 0 Å². The third kappa shape index (κ3) is 7.04. The molecule has 0 fully saturated rings. The second-order valence-corrected chi connectivity index (χ2v) is 3.15. The van der Waals surface area contributed by atoms with E-state index in [4.69, 9.17) is 0 Å². The highest BCUT2D eigenvalue weighted by molar-refractivity contribution is 5.90. The summed E-state index contributed by atoms with van der Waals surface area (Å²) in [7, 11) is 0. The van der Waals surface area contributed by atoms with Gasteiger partial charge in [0.15, 0.2) is 5.78 Å². The molecule has 0 saturated heterocycles.